The molecule has 0 spiro atoms. The quantitative estimate of drug-likeness (QED) is 0.172. The van der Waals surface area contributed by atoms with Crippen molar-refractivity contribution in [3.63, 3.8) is 0 Å². The minimum Gasteiger partial charge on any atom is -0.458 e. The van der Waals surface area contributed by atoms with Crippen LogP contribution in [0.2, 0.25) is 0 Å². The molecule has 1 aromatic rings. The Kier molecular flexibility index (Phi) is 14.1. The molecule has 0 saturated heterocycles. The van der Waals surface area contributed by atoms with E-state index in [0.717, 1.165) is 0 Å². The van der Waals surface area contributed by atoms with Crippen LogP contribution in [0.4, 0.5) is 14.4 Å². The third-order valence-electron chi connectivity index (χ3n) is 6.23. The Morgan fingerprint density at radius 2 is 1.12 bits per heavy atom. The van der Waals surface area contributed by atoms with Crippen LogP contribution in [0.1, 0.15) is 81.7 Å². The van der Waals surface area contributed by atoms with E-state index >= 15 is 0 Å². The second kappa shape index (κ2) is 16.2. The van der Waals surface area contributed by atoms with Crippen molar-refractivity contribution >= 4 is 24.4 Å². The molecule has 0 aliphatic heterocycles. The molecule has 238 valence electrons. The van der Waals surface area contributed by atoms with Gasteiger partial charge in [-0.2, -0.15) is 0 Å². The lowest BCUT2D eigenvalue weighted by atomic mass is 10.1. The molecule has 0 bridgehead atoms. The molecule has 1 rings (SSSR count). The Morgan fingerprint density at radius 1 is 0.667 bits per heavy atom. The highest BCUT2D eigenvalue weighted by molar-refractivity contribution is 5.76. The summed E-state index contributed by atoms with van der Waals surface area (Å²) in [6.45, 7) is 19.2. The first-order valence-electron chi connectivity index (χ1n) is 14.0. The molecule has 0 saturated carbocycles. The number of carbonyl (C=O) groups excluding carboxylic acids is 4. The molecule has 0 fully saturated rings. The van der Waals surface area contributed by atoms with E-state index in [0.29, 0.717) is 5.56 Å². The Hall–Kier alpha value is -3.54. The van der Waals surface area contributed by atoms with Gasteiger partial charge in [0.15, 0.2) is 11.5 Å². The van der Waals surface area contributed by atoms with Crippen molar-refractivity contribution in [1.82, 2.24) is 0 Å². The van der Waals surface area contributed by atoms with E-state index in [1.54, 1.807) is 54.5 Å². The van der Waals surface area contributed by atoms with E-state index in [2.05, 4.69) is 0 Å². The number of hydrogen-bond acceptors (Lipinski definition) is 12. The van der Waals surface area contributed by atoms with Crippen molar-refractivity contribution in [3.8, 4) is 11.5 Å². The van der Waals surface area contributed by atoms with Crippen LogP contribution in [0.25, 0.3) is 0 Å². The standard InChI is InChI=1S/C30H47NO11/c1-16(2)18(5)37-27(33)40-24-13-12-22(15-25(24)41-28(34)38-19(6)17(3)4)14-23(31)26(32)36-20(7)21(8)39-29(35)42-30(9,10)11/h12-13,15-21,23H,14,31H2,1-11H3/t18-,19?,20?,21?,23-/m0/s1. The molecule has 0 aliphatic carbocycles. The predicted molar refractivity (Wildman–Crippen MR) is 153 cm³/mol. The highest BCUT2D eigenvalue weighted by Gasteiger charge is 2.27. The largest absolute Gasteiger partial charge is 0.514 e. The van der Waals surface area contributed by atoms with Gasteiger partial charge in [-0.05, 0) is 84.4 Å². The summed E-state index contributed by atoms with van der Waals surface area (Å²) >= 11 is 0. The van der Waals surface area contributed by atoms with Gasteiger partial charge in [0.1, 0.15) is 36.1 Å². The number of rotatable bonds is 12. The van der Waals surface area contributed by atoms with Gasteiger partial charge in [0.2, 0.25) is 0 Å². The van der Waals surface area contributed by atoms with E-state index in [4.69, 9.17) is 38.9 Å². The summed E-state index contributed by atoms with van der Waals surface area (Å²) in [4.78, 5) is 49.4. The zero-order valence-corrected chi connectivity index (χ0v) is 26.5. The van der Waals surface area contributed by atoms with Gasteiger partial charge >= 0.3 is 24.4 Å². The highest BCUT2D eigenvalue weighted by atomic mass is 16.8. The summed E-state index contributed by atoms with van der Waals surface area (Å²) in [5.74, 6) is -0.876. The lowest BCUT2D eigenvalue weighted by Crippen LogP contribution is -2.40. The van der Waals surface area contributed by atoms with Crippen molar-refractivity contribution in [2.75, 3.05) is 0 Å². The Morgan fingerprint density at radius 3 is 1.60 bits per heavy atom. The summed E-state index contributed by atoms with van der Waals surface area (Å²) in [7, 11) is 0. The molecule has 0 heterocycles. The van der Waals surface area contributed by atoms with Gasteiger partial charge in [-0.15, -0.1) is 0 Å². The highest BCUT2D eigenvalue weighted by Crippen LogP contribution is 2.30. The van der Waals surface area contributed by atoms with Gasteiger partial charge in [-0.1, -0.05) is 33.8 Å². The summed E-state index contributed by atoms with van der Waals surface area (Å²) in [6, 6.07) is 3.22. The number of benzene rings is 1. The minimum atomic E-state index is -1.12. The Balaban J connectivity index is 3.00. The van der Waals surface area contributed by atoms with Gasteiger partial charge < -0.3 is 38.9 Å². The molecule has 0 aromatic heterocycles. The molecule has 12 heteroatoms. The molecule has 0 amide bonds. The molecule has 3 unspecified atom stereocenters. The van der Waals surface area contributed by atoms with Gasteiger partial charge in [-0.3, -0.25) is 4.79 Å². The number of ether oxygens (including phenoxy) is 7. The van der Waals surface area contributed by atoms with Crippen molar-refractivity contribution in [2.45, 2.75) is 119 Å². The fourth-order valence-corrected chi connectivity index (χ4v) is 2.87. The third-order valence-corrected chi connectivity index (χ3v) is 6.23. The maximum Gasteiger partial charge on any atom is 0.514 e. The molecule has 0 aliphatic rings. The zero-order chi connectivity index (χ0) is 32.4. The van der Waals surface area contributed by atoms with Crippen LogP contribution in [0.3, 0.4) is 0 Å². The summed E-state index contributed by atoms with van der Waals surface area (Å²) in [6.07, 6.45) is -5.35. The maximum absolute atomic E-state index is 12.7. The molecule has 0 radical (unpaired) electrons. The molecular formula is C30H47NO11. The SMILES string of the molecule is CC(C)C(C)OC(=O)Oc1cc(C[C@H](N)C(=O)OC(C)C(C)OC(=O)OC(C)(C)C)ccc1OC(=O)O[C@@H](C)C(C)C. The number of nitrogens with two attached hydrogens (primary N) is 1. The lowest BCUT2D eigenvalue weighted by molar-refractivity contribution is -0.156. The van der Waals surface area contributed by atoms with Crippen molar-refractivity contribution in [3.05, 3.63) is 23.8 Å². The molecular weight excluding hydrogens is 550 g/mol. The van der Waals surface area contributed by atoms with Gasteiger partial charge in [0.25, 0.3) is 0 Å². The van der Waals surface area contributed by atoms with Crippen LogP contribution in [-0.2, 0) is 34.9 Å². The van der Waals surface area contributed by atoms with Gasteiger partial charge in [-0.25, -0.2) is 14.4 Å². The topological polar surface area (TPSA) is 159 Å². The summed E-state index contributed by atoms with van der Waals surface area (Å²) in [5, 5.41) is 0. The molecule has 2 N–H and O–H groups in total. The van der Waals surface area contributed by atoms with E-state index in [-0.39, 0.29) is 29.8 Å². The zero-order valence-electron chi connectivity index (χ0n) is 26.5. The number of esters is 1. The van der Waals surface area contributed by atoms with E-state index < -0.39 is 60.5 Å². The fourth-order valence-electron chi connectivity index (χ4n) is 2.87. The monoisotopic (exact) mass is 597 g/mol. The minimum absolute atomic E-state index is 0.0181. The van der Waals surface area contributed by atoms with Crippen molar-refractivity contribution in [2.24, 2.45) is 17.6 Å². The van der Waals surface area contributed by atoms with E-state index in [1.807, 2.05) is 27.7 Å². The van der Waals surface area contributed by atoms with Crippen LogP contribution in [-0.4, -0.2) is 60.5 Å². The van der Waals surface area contributed by atoms with Crippen molar-refractivity contribution < 1.29 is 52.3 Å². The first-order chi connectivity index (χ1) is 19.3. The van der Waals surface area contributed by atoms with E-state index in [9.17, 15) is 19.2 Å². The van der Waals surface area contributed by atoms with Crippen LogP contribution in [0.5, 0.6) is 11.5 Å². The van der Waals surface area contributed by atoms with E-state index in [1.165, 1.54) is 12.1 Å². The van der Waals surface area contributed by atoms with Gasteiger partial charge in [0, 0.05) is 0 Å². The molecule has 1 aromatic carbocycles. The molecule has 5 atom stereocenters. The smallest absolute Gasteiger partial charge is 0.458 e. The van der Waals surface area contributed by atoms with Crippen LogP contribution < -0.4 is 15.2 Å². The maximum atomic E-state index is 12.7. The van der Waals surface area contributed by atoms with Crippen LogP contribution >= 0.6 is 0 Å². The first kappa shape index (κ1) is 36.5. The average molecular weight is 598 g/mol. The van der Waals surface area contributed by atoms with Crippen LogP contribution in [0, 0.1) is 11.8 Å². The average Bonchev–Trinajstić information content (AvgIpc) is 2.83. The molecule has 12 nitrogen and oxygen atoms in total. The summed E-state index contributed by atoms with van der Waals surface area (Å²) in [5.41, 5.74) is 5.83. The predicted octanol–water partition coefficient (Wildman–Crippen LogP) is 5.95. The second-order valence-electron chi connectivity index (χ2n) is 11.9. The summed E-state index contributed by atoms with van der Waals surface area (Å²) < 4.78 is 36.8. The van der Waals surface area contributed by atoms with Gasteiger partial charge in [0.05, 0.1) is 0 Å². The number of carbonyl (C=O) groups is 4. The Bertz CT molecular complexity index is 1060. The molecule has 42 heavy (non-hydrogen) atoms. The van der Waals surface area contributed by atoms with Crippen molar-refractivity contribution in [1.29, 1.82) is 0 Å². The first-order valence-corrected chi connectivity index (χ1v) is 14.0. The third kappa shape index (κ3) is 13.4. The second-order valence-corrected chi connectivity index (χ2v) is 11.9. The number of hydrogen-bond donors (Lipinski definition) is 1. The Labute approximate surface area is 248 Å². The van der Waals surface area contributed by atoms with Crippen LogP contribution in [0.15, 0.2) is 18.2 Å². The lowest BCUT2D eigenvalue weighted by Gasteiger charge is -2.24. The normalized spacial score (nSPS) is 15.1. The fraction of sp³-hybridized carbons (Fsp3) is 0.667.